The SMILES string of the molecule is Cc1ccc(-c2ccc3c(c2)c2ccccc2n3-c2ccc(-c3c4ccccc4c(-c4ccccc4)c4ccccc34)cc2)cc1. The lowest BCUT2D eigenvalue weighted by atomic mass is 9.86. The highest BCUT2D eigenvalue weighted by Gasteiger charge is 2.17. The van der Waals surface area contributed by atoms with Crippen molar-refractivity contribution >= 4 is 43.4 Å². The number of fused-ring (bicyclic) bond motifs is 5. The number of hydrogen-bond donors (Lipinski definition) is 0. The zero-order chi connectivity index (χ0) is 30.6. The van der Waals surface area contributed by atoms with Gasteiger partial charge in [0.25, 0.3) is 0 Å². The molecule has 0 saturated heterocycles. The Bertz CT molecular complexity index is 2490. The second-order valence-electron chi connectivity index (χ2n) is 12.2. The van der Waals surface area contributed by atoms with Crippen LogP contribution in [0.2, 0.25) is 0 Å². The van der Waals surface area contributed by atoms with E-state index in [0.29, 0.717) is 0 Å². The van der Waals surface area contributed by atoms with E-state index in [1.807, 2.05) is 0 Å². The summed E-state index contributed by atoms with van der Waals surface area (Å²) < 4.78 is 2.40. The number of benzene rings is 8. The summed E-state index contributed by atoms with van der Waals surface area (Å²) in [5.41, 5.74) is 12.4. The Morgan fingerprint density at radius 1 is 0.326 bits per heavy atom. The lowest BCUT2D eigenvalue weighted by molar-refractivity contribution is 1.18. The average Bonchev–Trinajstić information content (AvgIpc) is 3.45. The number of aromatic nitrogens is 1. The standard InChI is InChI=1S/C45H31N/c1-30-19-21-31(22-20-30)34-25-28-43-41(29-34)36-13-9-10-18-42(36)46(43)35-26-23-33(24-27-35)45-39-16-7-5-14-37(39)44(32-11-3-2-4-12-32)38-15-6-8-17-40(38)45/h2-29H,1H3. The van der Waals surface area contributed by atoms with Gasteiger partial charge in [-0.15, -0.1) is 0 Å². The van der Waals surface area contributed by atoms with Crippen LogP contribution in [0.25, 0.3) is 82.4 Å². The smallest absolute Gasteiger partial charge is 0.0541 e. The van der Waals surface area contributed by atoms with Crippen molar-refractivity contribution in [2.45, 2.75) is 6.92 Å². The van der Waals surface area contributed by atoms with Gasteiger partial charge in [0, 0.05) is 16.5 Å². The minimum atomic E-state index is 1.16. The predicted octanol–water partition coefficient (Wildman–Crippen LogP) is 12.4. The molecule has 0 N–H and O–H groups in total. The molecule has 1 heterocycles. The van der Waals surface area contributed by atoms with E-state index in [9.17, 15) is 0 Å². The van der Waals surface area contributed by atoms with E-state index in [2.05, 4.69) is 181 Å². The maximum absolute atomic E-state index is 2.40. The van der Waals surface area contributed by atoms with Crippen molar-refractivity contribution in [1.82, 2.24) is 4.57 Å². The lowest BCUT2D eigenvalue weighted by Crippen LogP contribution is -1.94. The van der Waals surface area contributed by atoms with Crippen LogP contribution >= 0.6 is 0 Å². The highest BCUT2D eigenvalue weighted by Crippen LogP contribution is 2.44. The zero-order valence-corrected chi connectivity index (χ0v) is 25.6. The number of nitrogens with zero attached hydrogens (tertiary/aromatic N) is 1. The molecular weight excluding hydrogens is 555 g/mol. The molecule has 0 fully saturated rings. The van der Waals surface area contributed by atoms with Crippen LogP contribution in [-0.4, -0.2) is 4.57 Å². The zero-order valence-electron chi connectivity index (χ0n) is 25.6. The predicted molar refractivity (Wildman–Crippen MR) is 197 cm³/mol. The largest absolute Gasteiger partial charge is 0.309 e. The highest BCUT2D eigenvalue weighted by atomic mass is 15.0. The van der Waals surface area contributed by atoms with Gasteiger partial charge >= 0.3 is 0 Å². The van der Waals surface area contributed by atoms with Crippen molar-refractivity contribution in [2.75, 3.05) is 0 Å². The number of rotatable bonds is 4. The third-order valence-corrected chi connectivity index (χ3v) is 9.47. The molecule has 46 heavy (non-hydrogen) atoms. The first-order valence-corrected chi connectivity index (χ1v) is 15.9. The Morgan fingerprint density at radius 2 is 0.783 bits per heavy atom. The Kier molecular flexibility index (Phi) is 6.11. The van der Waals surface area contributed by atoms with Crippen LogP contribution in [-0.2, 0) is 0 Å². The first-order valence-electron chi connectivity index (χ1n) is 15.9. The van der Waals surface area contributed by atoms with Crippen LogP contribution in [0, 0.1) is 6.92 Å². The molecule has 0 radical (unpaired) electrons. The van der Waals surface area contributed by atoms with Gasteiger partial charge in [-0.3, -0.25) is 0 Å². The fraction of sp³-hybridized carbons (Fsp3) is 0.0222. The number of hydrogen-bond acceptors (Lipinski definition) is 0. The summed E-state index contributed by atoms with van der Waals surface area (Å²) in [5, 5.41) is 7.63. The molecule has 0 aliphatic rings. The molecule has 0 aliphatic heterocycles. The van der Waals surface area contributed by atoms with Crippen LogP contribution in [0.5, 0.6) is 0 Å². The van der Waals surface area contributed by atoms with E-state index in [4.69, 9.17) is 0 Å². The van der Waals surface area contributed by atoms with Crippen molar-refractivity contribution in [3.63, 3.8) is 0 Å². The second-order valence-corrected chi connectivity index (χ2v) is 12.2. The van der Waals surface area contributed by atoms with Gasteiger partial charge < -0.3 is 4.57 Å². The summed E-state index contributed by atoms with van der Waals surface area (Å²) in [4.78, 5) is 0. The van der Waals surface area contributed by atoms with Gasteiger partial charge in [-0.25, -0.2) is 0 Å². The third kappa shape index (κ3) is 4.17. The summed E-state index contributed by atoms with van der Waals surface area (Å²) in [6.45, 7) is 2.14. The summed E-state index contributed by atoms with van der Waals surface area (Å²) >= 11 is 0. The molecule has 0 atom stereocenters. The van der Waals surface area contributed by atoms with Gasteiger partial charge in [0.1, 0.15) is 0 Å². The molecule has 8 aromatic carbocycles. The summed E-state index contributed by atoms with van der Waals surface area (Å²) in [6, 6.07) is 62.1. The van der Waals surface area contributed by atoms with Crippen molar-refractivity contribution < 1.29 is 0 Å². The minimum Gasteiger partial charge on any atom is -0.309 e. The molecule has 0 aliphatic carbocycles. The normalized spacial score (nSPS) is 11.6. The van der Waals surface area contributed by atoms with E-state index >= 15 is 0 Å². The summed E-state index contributed by atoms with van der Waals surface area (Å²) in [6.07, 6.45) is 0. The van der Waals surface area contributed by atoms with E-state index < -0.39 is 0 Å². The molecule has 1 nitrogen and oxygen atoms in total. The molecule has 0 saturated carbocycles. The first-order chi connectivity index (χ1) is 22.7. The van der Waals surface area contributed by atoms with Gasteiger partial charge in [0.2, 0.25) is 0 Å². The summed E-state index contributed by atoms with van der Waals surface area (Å²) in [5.74, 6) is 0. The molecule has 9 rings (SSSR count). The van der Waals surface area contributed by atoms with E-state index in [0.717, 1.165) is 5.69 Å². The third-order valence-electron chi connectivity index (χ3n) is 9.47. The van der Waals surface area contributed by atoms with Crippen LogP contribution in [0.1, 0.15) is 5.56 Å². The number of aryl methyl sites for hydroxylation is 1. The van der Waals surface area contributed by atoms with Crippen LogP contribution < -0.4 is 0 Å². The number of para-hydroxylation sites is 1. The van der Waals surface area contributed by atoms with E-state index in [1.165, 1.54) is 82.3 Å². The van der Waals surface area contributed by atoms with Crippen molar-refractivity contribution in [3.05, 3.63) is 175 Å². The fourth-order valence-corrected chi connectivity index (χ4v) is 7.31. The quantitative estimate of drug-likeness (QED) is 0.181. The van der Waals surface area contributed by atoms with Gasteiger partial charge in [-0.2, -0.15) is 0 Å². The Hall–Kier alpha value is -5.92. The minimum absolute atomic E-state index is 1.16. The van der Waals surface area contributed by atoms with Crippen molar-refractivity contribution in [1.29, 1.82) is 0 Å². The summed E-state index contributed by atoms with van der Waals surface area (Å²) in [7, 11) is 0. The average molecular weight is 586 g/mol. The van der Waals surface area contributed by atoms with E-state index in [1.54, 1.807) is 0 Å². The monoisotopic (exact) mass is 585 g/mol. The fourth-order valence-electron chi connectivity index (χ4n) is 7.31. The molecule has 0 amide bonds. The molecule has 1 heteroatoms. The molecular formula is C45H31N. The molecule has 216 valence electrons. The maximum atomic E-state index is 2.40. The van der Waals surface area contributed by atoms with Crippen molar-refractivity contribution in [2.24, 2.45) is 0 Å². The van der Waals surface area contributed by atoms with Crippen LogP contribution in [0.3, 0.4) is 0 Å². The molecule has 9 aromatic rings. The van der Waals surface area contributed by atoms with E-state index in [-0.39, 0.29) is 0 Å². The highest BCUT2D eigenvalue weighted by molar-refractivity contribution is 6.21. The van der Waals surface area contributed by atoms with Gasteiger partial charge in [-0.05, 0) is 92.2 Å². The molecule has 0 spiro atoms. The maximum Gasteiger partial charge on any atom is 0.0541 e. The first kappa shape index (κ1) is 26.5. The van der Waals surface area contributed by atoms with Gasteiger partial charge in [0.15, 0.2) is 0 Å². The molecule has 1 aromatic heterocycles. The van der Waals surface area contributed by atoms with Gasteiger partial charge in [-0.1, -0.05) is 145 Å². The Morgan fingerprint density at radius 3 is 1.39 bits per heavy atom. The molecule has 0 bridgehead atoms. The van der Waals surface area contributed by atoms with Crippen LogP contribution in [0.15, 0.2) is 170 Å². The topological polar surface area (TPSA) is 4.93 Å². The van der Waals surface area contributed by atoms with Crippen LogP contribution in [0.4, 0.5) is 0 Å². The Balaban J connectivity index is 1.23. The lowest BCUT2D eigenvalue weighted by Gasteiger charge is -2.18. The van der Waals surface area contributed by atoms with Gasteiger partial charge in [0.05, 0.1) is 11.0 Å². The molecule has 0 unspecified atom stereocenters. The Labute approximate surface area is 268 Å². The van der Waals surface area contributed by atoms with Crippen molar-refractivity contribution in [3.8, 4) is 39.1 Å². The second kappa shape index (κ2) is 10.6.